The number of aromatic nitrogens is 2. The molecule has 0 unspecified atom stereocenters. The molecule has 3 rings (SSSR count). The summed E-state index contributed by atoms with van der Waals surface area (Å²) in [5.74, 6) is 0.894. The molecule has 1 saturated heterocycles. The molecular formula is C23H34N2O7. The van der Waals surface area contributed by atoms with Gasteiger partial charge in [0, 0.05) is 23.7 Å². The molecule has 178 valence electrons. The fourth-order valence-corrected chi connectivity index (χ4v) is 3.68. The minimum atomic E-state index is -1.56. The van der Waals surface area contributed by atoms with Crippen LogP contribution in [0.5, 0.6) is 11.6 Å². The third-order valence-corrected chi connectivity index (χ3v) is 5.38. The number of hydrogen-bond donors (Lipinski definition) is 4. The van der Waals surface area contributed by atoms with E-state index in [1.165, 1.54) is 4.68 Å². The van der Waals surface area contributed by atoms with Crippen molar-refractivity contribution in [2.24, 2.45) is 0 Å². The van der Waals surface area contributed by atoms with Crippen LogP contribution in [0.4, 0.5) is 0 Å². The second-order valence-electron chi connectivity index (χ2n) is 8.53. The predicted octanol–water partition coefficient (Wildman–Crippen LogP) is 1.33. The summed E-state index contributed by atoms with van der Waals surface area (Å²) in [6, 6.07) is 6.53. The summed E-state index contributed by atoms with van der Waals surface area (Å²) in [6.45, 7) is 8.55. The highest BCUT2D eigenvalue weighted by Gasteiger charge is 2.45. The molecule has 0 aliphatic carbocycles. The molecule has 2 aromatic rings. The molecule has 0 spiro atoms. The van der Waals surface area contributed by atoms with Crippen LogP contribution in [0, 0.1) is 6.92 Å². The molecule has 0 bridgehead atoms. The number of hydrogen-bond acceptors (Lipinski definition) is 8. The number of benzene rings is 1. The van der Waals surface area contributed by atoms with Crippen LogP contribution in [0.3, 0.4) is 0 Å². The van der Waals surface area contributed by atoms with Crippen LogP contribution in [-0.2, 0) is 11.2 Å². The zero-order valence-electron chi connectivity index (χ0n) is 20.1. The van der Waals surface area contributed by atoms with E-state index in [1.807, 2.05) is 45.0 Å². The van der Waals surface area contributed by atoms with Gasteiger partial charge in [-0.15, -0.1) is 5.10 Å². The normalized spacial score (nSPS) is 26.8. The van der Waals surface area contributed by atoms with Crippen LogP contribution in [0.15, 0.2) is 24.3 Å². The monoisotopic (exact) mass is 451 g/mol. The van der Waals surface area contributed by atoms with Crippen LogP contribution in [0.2, 0.25) is 0 Å². The number of rotatable bonds is 8. The Hall–Kier alpha value is -2.17. The Morgan fingerprint density at radius 3 is 2.31 bits per heavy atom. The zero-order chi connectivity index (χ0) is 24.5. The summed E-state index contributed by atoms with van der Waals surface area (Å²) in [5.41, 5.74) is 2.34. The lowest BCUT2D eigenvalue weighted by molar-refractivity contribution is -0.278. The van der Waals surface area contributed by atoms with E-state index in [0.717, 1.165) is 11.3 Å². The van der Waals surface area contributed by atoms with Gasteiger partial charge in [-0.05, 0) is 52.3 Å². The van der Waals surface area contributed by atoms with E-state index >= 15 is 0 Å². The first-order valence-electron chi connectivity index (χ1n) is 11.2. The molecule has 9 nitrogen and oxygen atoms in total. The van der Waals surface area contributed by atoms with Gasteiger partial charge in [-0.25, -0.2) is 0 Å². The van der Waals surface area contributed by atoms with E-state index in [0.29, 0.717) is 17.7 Å². The minimum Gasteiger partial charge on any atom is -0.491 e. The van der Waals surface area contributed by atoms with Crippen molar-refractivity contribution in [3.05, 3.63) is 41.1 Å². The van der Waals surface area contributed by atoms with Gasteiger partial charge < -0.3 is 34.6 Å². The molecule has 0 amide bonds. The van der Waals surface area contributed by atoms with Crippen molar-refractivity contribution in [2.75, 3.05) is 6.61 Å². The maximum absolute atomic E-state index is 10.4. The molecule has 4 N–H and O–H groups in total. The lowest BCUT2D eigenvalue weighted by Crippen LogP contribution is -2.60. The molecule has 9 heteroatoms. The Labute approximate surface area is 189 Å². The first kappa shape index (κ1) is 23.0. The highest BCUT2D eigenvalue weighted by Crippen LogP contribution is 2.31. The maximum atomic E-state index is 10.4. The van der Waals surface area contributed by atoms with E-state index in [-0.39, 0.29) is 12.0 Å². The van der Waals surface area contributed by atoms with E-state index < -0.39 is 43.3 Å². The predicted molar refractivity (Wildman–Crippen MR) is 117 cm³/mol. The van der Waals surface area contributed by atoms with Gasteiger partial charge >= 0.3 is 0 Å². The third-order valence-electron chi connectivity index (χ3n) is 5.38. The second kappa shape index (κ2) is 10.2. The summed E-state index contributed by atoms with van der Waals surface area (Å²) in [6.07, 6.45) is -6.57. The third kappa shape index (κ3) is 5.24. The van der Waals surface area contributed by atoms with Gasteiger partial charge in [0.2, 0.25) is 12.2 Å². The lowest BCUT2D eigenvalue weighted by Gasteiger charge is -2.39. The average molecular weight is 452 g/mol. The number of aliphatic hydroxyl groups excluding tert-OH is 4. The number of ether oxygens (including phenoxy) is 3. The summed E-state index contributed by atoms with van der Waals surface area (Å²) >= 11 is 0. The van der Waals surface area contributed by atoms with Gasteiger partial charge in [-0.2, -0.15) is 0 Å². The van der Waals surface area contributed by atoms with Crippen LogP contribution in [0.1, 0.15) is 51.9 Å². The van der Waals surface area contributed by atoms with Crippen molar-refractivity contribution in [3.63, 3.8) is 0 Å². The maximum Gasteiger partial charge on any atom is 0.239 e. The minimum absolute atomic E-state index is 0.0640. The molecule has 32 heavy (non-hydrogen) atoms. The van der Waals surface area contributed by atoms with Gasteiger partial charge in [-0.3, -0.25) is 4.68 Å². The molecule has 1 aliphatic heterocycles. The highest BCUT2D eigenvalue weighted by atomic mass is 16.7. The van der Waals surface area contributed by atoms with Crippen molar-refractivity contribution < 1.29 is 36.0 Å². The average Bonchev–Trinajstić information content (AvgIpc) is 3.05. The first-order valence-corrected chi connectivity index (χ1v) is 10.7. The molecule has 1 aliphatic rings. The van der Waals surface area contributed by atoms with E-state index in [4.69, 9.17) is 15.6 Å². The molecular weight excluding hydrogens is 416 g/mol. The quantitative estimate of drug-likeness (QED) is 0.474. The Morgan fingerprint density at radius 2 is 1.75 bits per heavy atom. The summed E-state index contributed by atoms with van der Waals surface area (Å²) < 4.78 is 27.0. The number of nitrogens with zero attached hydrogens (tertiary/aromatic N) is 2. The molecule has 1 aromatic carbocycles. The first-order chi connectivity index (χ1) is 15.4. The number of aliphatic hydroxyl groups is 4. The molecule has 0 radical (unpaired) electrons. The molecule has 1 aromatic heterocycles. The SMILES string of the molecule is [2H]C(C)(C)n1nc(O[C@@H]2O[C@H](CO)[C@@H](O)[C@H](O)[C@H]2O)c(Cc2ccc(OC(C)C)cc2)c1C. The molecule has 5 atom stereocenters. The van der Waals surface area contributed by atoms with Crippen LogP contribution < -0.4 is 9.47 Å². The second-order valence-corrected chi connectivity index (χ2v) is 8.53. The summed E-state index contributed by atoms with van der Waals surface area (Å²) in [4.78, 5) is 0. The van der Waals surface area contributed by atoms with Crippen LogP contribution in [0.25, 0.3) is 0 Å². The van der Waals surface area contributed by atoms with Gasteiger partial charge in [0.1, 0.15) is 30.2 Å². The van der Waals surface area contributed by atoms with Crippen molar-refractivity contribution in [3.8, 4) is 11.6 Å². The smallest absolute Gasteiger partial charge is 0.239 e. The van der Waals surface area contributed by atoms with Crippen molar-refractivity contribution >= 4 is 0 Å². The van der Waals surface area contributed by atoms with E-state index in [1.54, 1.807) is 13.8 Å². The molecule has 0 saturated carbocycles. The largest absolute Gasteiger partial charge is 0.491 e. The van der Waals surface area contributed by atoms with Crippen LogP contribution >= 0.6 is 0 Å². The van der Waals surface area contributed by atoms with Gasteiger partial charge in [-0.1, -0.05) is 12.1 Å². The van der Waals surface area contributed by atoms with Crippen LogP contribution in [-0.4, -0.2) is 73.6 Å². The fraction of sp³-hybridized carbons (Fsp3) is 0.609. The van der Waals surface area contributed by atoms with Gasteiger partial charge in [0.15, 0.2) is 0 Å². The Bertz CT molecular complexity index is 924. The highest BCUT2D eigenvalue weighted by molar-refractivity contribution is 5.38. The zero-order valence-corrected chi connectivity index (χ0v) is 19.1. The van der Waals surface area contributed by atoms with Crippen molar-refractivity contribution in [1.29, 1.82) is 0 Å². The van der Waals surface area contributed by atoms with Gasteiger partial charge in [0.25, 0.3) is 0 Å². The van der Waals surface area contributed by atoms with Crippen molar-refractivity contribution in [2.45, 2.75) is 83.9 Å². The van der Waals surface area contributed by atoms with E-state index in [2.05, 4.69) is 5.10 Å². The fourth-order valence-electron chi connectivity index (χ4n) is 3.68. The Kier molecular flexibility index (Phi) is 7.32. The molecule has 2 heterocycles. The molecule has 1 fully saturated rings. The summed E-state index contributed by atoms with van der Waals surface area (Å²) in [5, 5.41) is 44.4. The topological polar surface area (TPSA) is 126 Å². The van der Waals surface area contributed by atoms with E-state index in [9.17, 15) is 20.4 Å². The Balaban J connectivity index is 1.91. The van der Waals surface area contributed by atoms with Gasteiger partial charge in [0.05, 0.1) is 14.1 Å². The Morgan fingerprint density at radius 1 is 1.09 bits per heavy atom. The lowest BCUT2D eigenvalue weighted by atomic mass is 9.99. The summed E-state index contributed by atoms with van der Waals surface area (Å²) in [7, 11) is 0. The standard InChI is InChI=1S/C23H34N2O7/c1-12(2)25-14(5)17(10-15-6-8-16(9-7-15)30-13(3)4)22(24-25)32-23-21(29)20(28)19(27)18(11-26)31-23/h6-9,12-13,18-21,23,26-29H,10-11H2,1-5H3/t18-,19-,20+,21-,23+/m1/s1/i12D. The van der Waals surface area contributed by atoms with Crippen molar-refractivity contribution in [1.82, 2.24) is 9.78 Å².